The second kappa shape index (κ2) is 10.2. The molecule has 3 amide bonds. The molecule has 1 N–H and O–H groups in total. The second-order valence-corrected chi connectivity index (χ2v) is 8.79. The molecule has 2 aliphatic heterocycles. The minimum absolute atomic E-state index is 0.0216. The Morgan fingerprint density at radius 3 is 2.48 bits per heavy atom. The van der Waals surface area contributed by atoms with Crippen LogP contribution in [0.5, 0.6) is 0 Å². The van der Waals surface area contributed by atoms with Gasteiger partial charge < -0.3 is 15.0 Å². The van der Waals surface area contributed by atoms with Crippen LogP contribution >= 0.6 is 11.3 Å². The summed E-state index contributed by atoms with van der Waals surface area (Å²) in [4.78, 5) is 44.0. The molecule has 1 aromatic carbocycles. The molecule has 0 aliphatic carbocycles. The molecule has 8 nitrogen and oxygen atoms in total. The van der Waals surface area contributed by atoms with Gasteiger partial charge in [0.25, 0.3) is 5.91 Å². The maximum Gasteiger partial charge on any atom is 0.338 e. The van der Waals surface area contributed by atoms with Gasteiger partial charge in [-0.3, -0.25) is 14.6 Å². The number of urea groups is 1. The number of carbonyl (C=O) groups excluding carboxylic acids is 3. The Morgan fingerprint density at radius 1 is 1.12 bits per heavy atom. The van der Waals surface area contributed by atoms with E-state index in [1.54, 1.807) is 14.0 Å². The van der Waals surface area contributed by atoms with Crippen LogP contribution in [-0.2, 0) is 9.53 Å². The fourth-order valence-electron chi connectivity index (χ4n) is 4.17. The van der Waals surface area contributed by atoms with Crippen molar-refractivity contribution in [3.63, 3.8) is 0 Å². The molecule has 2 aromatic rings. The number of esters is 1. The quantitative estimate of drug-likeness (QED) is 0.660. The highest BCUT2D eigenvalue weighted by atomic mass is 32.1. The summed E-state index contributed by atoms with van der Waals surface area (Å²) in [6.45, 7) is 4.91. The zero-order chi connectivity index (χ0) is 23.4. The molecule has 3 heterocycles. The van der Waals surface area contributed by atoms with E-state index in [4.69, 9.17) is 4.74 Å². The first kappa shape index (κ1) is 23.0. The first-order valence-corrected chi connectivity index (χ1v) is 12.0. The van der Waals surface area contributed by atoms with Crippen molar-refractivity contribution in [3.8, 4) is 0 Å². The molecule has 1 aromatic heterocycles. The monoisotopic (exact) mass is 468 g/mol. The predicted octanol–water partition coefficient (Wildman–Crippen LogP) is 2.72. The van der Waals surface area contributed by atoms with E-state index < -0.39 is 12.0 Å². The van der Waals surface area contributed by atoms with Crippen LogP contribution in [0.2, 0.25) is 0 Å². The van der Waals surface area contributed by atoms with Gasteiger partial charge in [0, 0.05) is 51.0 Å². The lowest BCUT2D eigenvalue weighted by atomic mass is 9.96. The molecule has 1 atom stereocenters. The molecule has 1 fully saturated rings. The minimum atomic E-state index is -0.546. The van der Waals surface area contributed by atoms with Gasteiger partial charge in [0.1, 0.15) is 0 Å². The van der Waals surface area contributed by atoms with E-state index in [9.17, 15) is 14.4 Å². The maximum absolute atomic E-state index is 13.0. The van der Waals surface area contributed by atoms with Crippen molar-refractivity contribution in [2.75, 3.05) is 46.4 Å². The number of nitrogens with zero attached hydrogens (tertiary/aromatic N) is 3. The Kier molecular flexibility index (Phi) is 7.10. The number of carbonyl (C=O) groups is 3. The van der Waals surface area contributed by atoms with E-state index >= 15 is 0 Å². The molecular formula is C24H28N4O4S. The summed E-state index contributed by atoms with van der Waals surface area (Å²) in [6.07, 6.45) is 0. The third-order valence-electron chi connectivity index (χ3n) is 6.00. The number of nitrogens with one attached hydrogen (secondary N) is 1. The standard InChI is InChI=1S/C24H28N4O4S/c1-3-32-23(30)20-19(26(2)24(31)25-21(20)18-9-14-33-16-18)15-27-10-12-28(13-11-27)22(29)17-7-5-4-6-8-17/h4-9,14,16,21H,3,10-13,15H2,1-2H3,(H,25,31). The van der Waals surface area contributed by atoms with E-state index in [-0.39, 0.29) is 18.5 Å². The fourth-order valence-corrected chi connectivity index (χ4v) is 4.86. The van der Waals surface area contributed by atoms with Gasteiger partial charge in [0.2, 0.25) is 0 Å². The van der Waals surface area contributed by atoms with Gasteiger partial charge in [-0.05, 0) is 41.4 Å². The third-order valence-corrected chi connectivity index (χ3v) is 6.70. The maximum atomic E-state index is 13.0. The zero-order valence-electron chi connectivity index (χ0n) is 18.8. The van der Waals surface area contributed by atoms with Crippen molar-refractivity contribution in [1.29, 1.82) is 0 Å². The summed E-state index contributed by atoms with van der Waals surface area (Å²) < 4.78 is 5.37. The SMILES string of the molecule is CCOC(=O)C1=C(CN2CCN(C(=O)c3ccccc3)CC2)N(C)C(=O)NC1c1ccsc1. The fraction of sp³-hybridized carbons (Fsp3) is 0.375. The van der Waals surface area contributed by atoms with Crippen molar-refractivity contribution < 1.29 is 19.1 Å². The largest absolute Gasteiger partial charge is 0.463 e. The van der Waals surface area contributed by atoms with Crippen LogP contribution in [-0.4, -0.2) is 79.0 Å². The van der Waals surface area contributed by atoms with E-state index in [0.717, 1.165) is 5.56 Å². The molecule has 1 unspecified atom stereocenters. The summed E-state index contributed by atoms with van der Waals surface area (Å²) in [6, 6.07) is 10.4. The predicted molar refractivity (Wildman–Crippen MR) is 126 cm³/mol. The number of hydrogen-bond donors (Lipinski definition) is 1. The number of benzene rings is 1. The van der Waals surface area contributed by atoms with Crippen molar-refractivity contribution in [1.82, 2.24) is 20.0 Å². The van der Waals surface area contributed by atoms with Gasteiger partial charge >= 0.3 is 12.0 Å². The van der Waals surface area contributed by atoms with Gasteiger partial charge in [0.15, 0.2) is 0 Å². The van der Waals surface area contributed by atoms with Gasteiger partial charge in [-0.15, -0.1) is 0 Å². The molecule has 4 rings (SSSR count). The topological polar surface area (TPSA) is 82.2 Å². The molecule has 0 saturated carbocycles. The average Bonchev–Trinajstić information content (AvgIpc) is 3.37. The summed E-state index contributed by atoms with van der Waals surface area (Å²) in [5.41, 5.74) is 2.64. The zero-order valence-corrected chi connectivity index (χ0v) is 19.6. The molecule has 2 aliphatic rings. The third kappa shape index (κ3) is 4.94. The Balaban J connectivity index is 1.54. The van der Waals surface area contributed by atoms with Crippen LogP contribution in [0.15, 0.2) is 58.4 Å². The molecule has 0 bridgehead atoms. The Hall–Kier alpha value is -3.17. The van der Waals surface area contributed by atoms with Crippen LogP contribution < -0.4 is 5.32 Å². The number of ether oxygens (including phenoxy) is 1. The highest BCUT2D eigenvalue weighted by Gasteiger charge is 2.38. The highest BCUT2D eigenvalue weighted by Crippen LogP contribution is 2.32. The van der Waals surface area contributed by atoms with Gasteiger partial charge in [-0.1, -0.05) is 18.2 Å². The van der Waals surface area contributed by atoms with Gasteiger partial charge in [-0.25, -0.2) is 9.59 Å². The number of thiophene rings is 1. The van der Waals surface area contributed by atoms with Crippen LogP contribution in [0, 0.1) is 0 Å². The minimum Gasteiger partial charge on any atom is -0.463 e. The number of amides is 3. The molecule has 1 saturated heterocycles. The van der Waals surface area contributed by atoms with Crippen LogP contribution in [0.4, 0.5) is 4.79 Å². The summed E-state index contributed by atoms with van der Waals surface area (Å²) in [5.74, 6) is -0.401. The van der Waals surface area contributed by atoms with E-state index in [0.29, 0.717) is 49.6 Å². The Labute approximate surface area is 197 Å². The average molecular weight is 469 g/mol. The van der Waals surface area contributed by atoms with E-state index in [2.05, 4.69) is 10.2 Å². The van der Waals surface area contributed by atoms with E-state index in [1.807, 2.05) is 52.1 Å². The first-order valence-electron chi connectivity index (χ1n) is 11.0. The lowest BCUT2D eigenvalue weighted by Crippen LogP contribution is -2.53. The van der Waals surface area contributed by atoms with Crippen LogP contribution in [0.1, 0.15) is 28.9 Å². The molecule has 9 heteroatoms. The van der Waals surface area contributed by atoms with Crippen molar-refractivity contribution >= 4 is 29.2 Å². The van der Waals surface area contributed by atoms with Crippen molar-refractivity contribution in [3.05, 3.63) is 69.6 Å². The normalized spacial score (nSPS) is 19.5. The van der Waals surface area contributed by atoms with Crippen molar-refractivity contribution in [2.24, 2.45) is 0 Å². The lowest BCUT2D eigenvalue weighted by molar-refractivity contribution is -0.139. The molecule has 0 spiro atoms. The smallest absolute Gasteiger partial charge is 0.338 e. The Bertz CT molecular complexity index is 1030. The summed E-state index contributed by atoms with van der Waals surface area (Å²) in [7, 11) is 1.67. The molecular weight excluding hydrogens is 440 g/mol. The first-order chi connectivity index (χ1) is 16.0. The van der Waals surface area contributed by atoms with E-state index in [1.165, 1.54) is 16.2 Å². The number of piperazine rings is 1. The van der Waals surface area contributed by atoms with Crippen molar-refractivity contribution in [2.45, 2.75) is 13.0 Å². The van der Waals surface area contributed by atoms with Gasteiger partial charge in [0.05, 0.1) is 18.2 Å². The highest BCUT2D eigenvalue weighted by molar-refractivity contribution is 7.08. The summed E-state index contributed by atoms with van der Waals surface area (Å²) in [5, 5.41) is 6.78. The molecule has 174 valence electrons. The second-order valence-electron chi connectivity index (χ2n) is 8.01. The number of rotatable bonds is 6. The molecule has 0 radical (unpaired) electrons. The molecule has 33 heavy (non-hydrogen) atoms. The Morgan fingerprint density at radius 2 is 1.85 bits per heavy atom. The van der Waals surface area contributed by atoms with Crippen LogP contribution in [0.3, 0.4) is 0 Å². The number of likely N-dealkylation sites (N-methyl/N-ethyl adjacent to an activating group) is 1. The number of hydrogen-bond acceptors (Lipinski definition) is 6. The van der Waals surface area contributed by atoms with Crippen LogP contribution in [0.25, 0.3) is 0 Å². The lowest BCUT2D eigenvalue weighted by Gasteiger charge is -2.39. The summed E-state index contributed by atoms with van der Waals surface area (Å²) >= 11 is 1.51. The van der Waals surface area contributed by atoms with Gasteiger partial charge in [-0.2, -0.15) is 11.3 Å².